The Balaban J connectivity index is 2.59. The molecule has 1 aliphatic heterocycles. The summed E-state index contributed by atoms with van der Waals surface area (Å²) in [7, 11) is 0. The molecule has 0 saturated carbocycles. The molecule has 1 aromatic carbocycles. The second-order valence-electron chi connectivity index (χ2n) is 6.31. The van der Waals surface area contributed by atoms with Crippen LogP contribution in [0.3, 0.4) is 0 Å². The number of hydrogen-bond acceptors (Lipinski definition) is 2. The maximum absolute atomic E-state index is 9.34. The summed E-state index contributed by atoms with van der Waals surface area (Å²) in [6.45, 7) is 12.2. The van der Waals surface area contributed by atoms with Gasteiger partial charge in [-0.05, 0) is 62.8 Å². The van der Waals surface area contributed by atoms with Gasteiger partial charge >= 0.3 is 0 Å². The van der Waals surface area contributed by atoms with Gasteiger partial charge in [0.05, 0.1) is 6.61 Å². The van der Waals surface area contributed by atoms with E-state index in [1.807, 2.05) is 0 Å². The minimum absolute atomic E-state index is 0.120. The van der Waals surface area contributed by atoms with Crippen molar-refractivity contribution in [2.45, 2.75) is 52.5 Å². The lowest BCUT2D eigenvalue weighted by molar-refractivity contribution is 0.277. The fourth-order valence-electron chi connectivity index (χ4n) is 3.63. The minimum Gasteiger partial charge on any atom is -0.395 e. The normalized spacial score (nSPS) is 21.9. The molecule has 0 amide bonds. The van der Waals surface area contributed by atoms with Crippen LogP contribution in [0.1, 0.15) is 49.8 Å². The van der Waals surface area contributed by atoms with Crippen LogP contribution >= 0.6 is 0 Å². The van der Waals surface area contributed by atoms with Gasteiger partial charge in [-0.1, -0.05) is 13.0 Å². The Morgan fingerprint density at radius 2 is 2.00 bits per heavy atom. The molecule has 1 aromatic rings. The van der Waals surface area contributed by atoms with E-state index >= 15 is 0 Å². The van der Waals surface area contributed by atoms with E-state index in [1.54, 1.807) is 0 Å². The zero-order valence-corrected chi connectivity index (χ0v) is 12.2. The highest BCUT2D eigenvalue weighted by atomic mass is 16.3. The molecule has 1 N–H and O–H groups in total. The molecule has 0 aliphatic carbocycles. The molecule has 1 atom stereocenters. The molecule has 0 fully saturated rings. The molecule has 1 unspecified atom stereocenters. The van der Waals surface area contributed by atoms with Crippen LogP contribution in [0.25, 0.3) is 0 Å². The quantitative estimate of drug-likeness (QED) is 0.866. The smallest absolute Gasteiger partial charge is 0.0606 e. The second kappa shape index (κ2) is 4.58. The summed E-state index contributed by atoms with van der Waals surface area (Å²) in [5, 5.41) is 9.34. The van der Waals surface area contributed by atoms with Crippen molar-refractivity contribution in [1.29, 1.82) is 0 Å². The molecule has 0 spiro atoms. The lowest BCUT2D eigenvalue weighted by Crippen LogP contribution is -2.49. The van der Waals surface area contributed by atoms with E-state index in [-0.39, 0.29) is 12.1 Å². The molecule has 100 valence electrons. The van der Waals surface area contributed by atoms with Crippen LogP contribution in [-0.2, 0) is 0 Å². The average molecular weight is 247 g/mol. The fraction of sp³-hybridized carbons (Fsp3) is 0.625. The summed E-state index contributed by atoms with van der Waals surface area (Å²) < 4.78 is 0. The van der Waals surface area contributed by atoms with E-state index in [1.165, 1.54) is 22.4 Å². The Bertz CT molecular complexity index is 451. The van der Waals surface area contributed by atoms with Gasteiger partial charge in [0.1, 0.15) is 0 Å². The number of nitrogens with zero attached hydrogens (tertiary/aromatic N) is 1. The van der Waals surface area contributed by atoms with Crippen molar-refractivity contribution < 1.29 is 5.11 Å². The first-order chi connectivity index (χ1) is 8.36. The Morgan fingerprint density at radius 1 is 1.33 bits per heavy atom. The topological polar surface area (TPSA) is 23.5 Å². The zero-order chi connectivity index (χ0) is 13.5. The highest BCUT2D eigenvalue weighted by Gasteiger charge is 2.36. The largest absolute Gasteiger partial charge is 0.395 e. The van der Waals surface area contributed by atoms with Gasteiger partial charge in [0.2, 0.25) is 0 Å². The van der Waals surface area contributed by atoms with Gasteiger partial charge in [-0.2, -0.15) is 0 Å². The number of benzene rings is 1. The number of aliphatic hydroxyl groups is 1. The van der Waals surface area contributed by atoms with Crippen molar-refractivity contribution in [2.75, 3.05) is 18.1 Å². The van der Waals surface area contributed by atoms with E-state index in [9.17, 15) is 5.11 Å². The maximum atomic E-state index is 9.34. The number of fused-ring (bicyclic) bond motifs is 1. The van der Waals surface area contributed by atoms with Crippen LogP contribution in [0, 0.1) is 13.8 Å². The maximum Gasteiger partial charge on any atom is 0.0606 e. The van der Waals surface area contributed by atoms with Crippen LogP contribution < -0.4 is 4.90 Å². The first-order valence-electron chi connectivity index (χ1n) is 6.86. The molecule has 1 heterocycles. The molecule has 2 rings (SSSR count). The van der Waals surface area contributed by atoms with Crippen molar-refractivity contribution >= 4 is 5.69 Å². The number of anilines is 1. The summed E-state index contributed by atoms with van der Waals surface area (Å²) >= 11 is 0. The molecule has 2 heteroatoms. The molecule has 2 nitrogen and oxygen atoms in total. The monoisotopic (exact) mass is 247 g/mol. The first-order valence-corrected chi connectivity index (χ1v) is 6.86. The standard InChI is InChI=1S/C16H25NO/c1-11-8-12(2)15-13(3)10-16(4,5)17(6-7-18)14(15)9-11/h8-9,13,18H,6-7,10H2,1-5H3. The third-order valence-electron chi connectivity index (χ3n) is 4.15. The van der Waals surface area contributed by atoms with Gasteiger partial charge in [0.25, 0.3) is 0 Å². The second-order valence-corrected chi connectivity index (χ2v) is 6.31. The Kier molecular flexibility index (Phi) is 3.41. The SMILES string of the molecule is Cc1cc(C)c2c(c1)N(CCO)C(C)(C)CC2C. The Labute approximate surface area is 111 Å². The number of hydrogen-bond donors (Lipinski definition) is 1. The molecular formula is C16H25NO. The van der Waals surface area contributed by atoms with Gasteiger partial charge in [0.15, 0.2) is 0 Å². The lowest BCUT2D eigenvalue weighted by Gasteiger charge is -2.48. The molecule has 1 aliphatic rings. The van der Waals surface area contributed by atoms with E-state index in [4.69, 9.17) is 0 Å². The molecule has 18 heavy (non-hydrogen) atoms. The van der Waals surface area contributed by atoms with Crippen LogP contribution in [0.2, 0.25) is 0 Å². The number of aliphatic hydroxyl groups excluding tert-OH is 1. The summed E-state index contributed by atoms with van der Waals surface area (Å²) in [6, 6.07) is 4.54. The molecule has 0 saturated heterocycles. The van der Waals surface area contributed by atoms with Crippen LogP contribution in [-0.4, -0.2) is 23.8 Å². The molecule has 0 radical (unpaired) electrons. The predicted octanol–water partition coefficient (Wildman–Crippen LogP) is 3.39. The first kappa shape index (κ1) is 13.4. The van der Waals surface area contributed by atoms with E-state index in [2.05, 4.69) is 51.7 Å². The summed E-state index contributed by atoms with van der Waals surface area (Å²) in [5.74, 6) is 0.588. The zero-order valence-electron chi connectivity index (χ0n) is 12.2. The number of rotatable bonds is 2. The van der Waals surface area contributed by atoms with Crippen molar-refractivity contribution in [3.8, 4) is 0 Å². The van der Waals surface area contributed by atoms with Crippen LogP contribution in [0.5, 0.6) is 0 Å². The third kappa shape index (κ3) is 2.14. The molecule has 0 aromatic heterocycles. The summed E-state index contributed by atoms with van der Waals surface area (Å²) in [4.78, 5) is 2.38. The van der Waals surface area contributed by atoms with Crippen molar-refractivity contribution in [1.82, 2.24) is 0 Å². The lowest BCUT2D eigenvalue weighted by atomic mass is 9.78. The van der Waals surface area contributed by atoms with Crippen molar-refractivity contribution in [2.24, 2.45) is 0 Å². The number of β-amino-alcohol motifs (C(OH)–C–C–N with tert-alkyl or cyclic N) is 1. The van der Waals surface area contributed by atoms with Gasteiger partial charge in [0, 0.05) is 17.8 Å². The van der Waals surface area contributed by atoms with Gasteiger partial charge in [-0.15, -0.1) is 0 Å². The van der Waals surface area contributed by atoms with Crippen molar-refractivity contribution in [3.63, 3.8) is 0 Å². The minimum atomic E-state index is 0.120. The van der Waals surface area contributed by atoms with E-state index in [0.717, 1.165) is 13.0 Å². The predicted molar refractivity (Wildman–Crippen MR) is 77.5 cm³/mol. The molecule has 0 bridgehead atoms. The highest BCUT2D eigenvalue weighted by Crippen LogP contribution is 2.44. The van der Waals surface area contributed by atoms with E-state index in [0.29, 0.717) is 5.92 Å². The number of aryl methyl sites for hydroxylation is 2. The average Bonchev–Trinajstić information content (AvgIpc) is 2.21. The Hall–Kier alpha value is -1.02. The van der Waals surface area contributed by atoms with E-state index < -0.39 is 0 Å². The third-order valence-corrected chi connectivity index (χ3v) is 4.15. The van der Waals surface area contributed by atoms with Crippen LogP contribution in [0.15, 0.2) is 12.1 Å². The fourth-order valence-corrected chi connectivity index (χ4v) is 3.63. The molecular weight excluding hydrogens is 222 g/mol. The Morgan fingerprint density at radius 3 is 2.61 bits per heavy atom. The highest BCUT2D eigenvalue weighted by molar-refractivity contribution is 5.63. The summed E-state index contributed by atoms with van der Waals surface area (Å²) in [6.07, 6.45) is 1.14. The van der Waals surface area contributed by atoms with Crippen LogP contribution in [0.4, 0.5) is 5.69 Å². The summed E-state index contributed by atoms with van der Waals surface area (Å²) in [5.41, 5.74) is 5.60. The van der Waals surface area contributed by atoms with Gasteiger partial charge in [-0.25, -0.2) is 0 Å². The van der Waals surface area contributed by atoms with Gasteiger partial charge in [-0.3, -0.25) is 0 Å². The van der Waals surface area contributed by atoms with Gasteiger partial charge < -0.3 is 10.0 Å². The van der Waals surface area contributed by atoms with Crippen molar-refractivity contribution in [3.05, 3.63) is 28.8 Å².